The number of hydrogen-bond donors (Lipinski definition) is 1. The third-order valence-electron chi connectivity index (χ3n) is 4.66. The Balaban J connectivity index is 1.50. The molecule has 1 aliphatic rings. The fourth-order valence-electron chi connectivity index (χ4n) is 3.18. The minimum atomic E-state index is -0.860. The number of likely N-dealkylation sites (N-methyl/N-ethyl adjacent to an activating group) is 1. The lowest BCUT2D eigenvalue weighted by Gasteiger charge is -2.33. The van der Waals surface area contributed by atoms with Crippen molar-refractivity contribution in [1.29, 1.82) is 0 Å². The van der Waals surface area contributed by atoms with Gasteiger partial charge in [-0.25, -0.2) is 4.79 Å². The van der Waals surface area contributed by atoms with Crippen LogP contribution in [-0.4, -0.2) is 44.1 Å². The zero-order chi connectivity index (χ0) is 21.3. The molecule has 0 saturated carbocycles. The van der Waals surface area contributed by atoms with Gasteiger partial charge in [-0.1, -0.05) is 41.9 Å². The smallest absolute Gasteiger partial charge is 0.350 e. The molecule has 1 atom stereocenters. The van der Waals surface area contributed by atoms with Crippen LogP contribution in [0.1, 0.15) is 9.67 Å². The standard InChI is InChI=1S/C21H17ClN2O5S/c1-23-20(26)15-10-24(13-7-3-4-8-14(13)29-15)17(25)11-28-21(27)19-18(22)12-6-2-5-9-16(12)30-19/h2-9,15H,10-11H2,1H3,(H,23,26). The second kappa shape index (κ2) is 8.33. The number of carbonyl (C=O) groups excluding carboxylic acids is 3. The molecule has 0 aliphatic carbocycles. The maximum absolute atomic E-state index is 12.8. The summed E-state index contributed by atoms with van der Waals surface area (Å²) in [5, 5.41) is 3.59. The Morgan fingerprint density at radius 1 is 1.20 bits per heavy atom. The molecule has 1 aromatic heterocycles. The number of nitrogens with zero attached hydrogens (tertiary/aromatic N) is 1. The Labute approximate surface area is 181 Å². The first-order valence-corrected chi connectivity index (χ1v) is 10.3. The molecule has 2 amide bonds. The monoisotopic (exact) mass is 444 g/mol. The molecule has 1 unspecified atom stereocenters. The van der Waals surface area contributed by atoms with Crippen LogP contribution in [0.3, 0.4) is 0 Å². The molecular formula is C21H17ClN2O5S. The molecule has 154 valence electrons. The number of hydrogen-bond acceptors (Lipinski definition) is 6. The van der Waals surface area contributed by atoms with Crippen molar-refractivity contribution < 1.29 is 23.9 Å². The highest BCUT2D eigenvalue weighted by molar-refractivity contribution is 7.21. The Hall–Kier alpha value is -3.10. The van der Waals surface area contributed by atoms with Gasteiger partial charge in [-0.2, -0.15) is 0 Å². The number of amides is 2. The van der Waals surface area contributed by atoms with E-state index in [9.17, 15) is 14.4 Å². The van der Waals surface area contributed by atoms with Crippen LogP contribution in [0.4, 0.5) is 5.69 Å². The van der Waals surface area contributed by atoms with E-state index in [2.05, 4.69) is 5.32 Å². The van der Waals surface area contributed by atoms with Crippen molar-refractivity contribution in [3.63, 3.8) is 0 Å². The summed E-state index contributed by atoms with van der Waals surface area (Å²) in [4.78, 5) is 39.1. The Bertz CT molecular complexity index is 1150. The topological polar surface area (TPSA) is 84.9 Å². The summed E-state index contributed by atoms with van der Waals surface area (Å²) in [6, 6.07) is 14.2. The number of benzene rings is 2. The quantitative estimate of drug-likeness (QED) is 0.624. The van der Waals surface area contributed by atoms with Crippen LogP contribution in [0.2, 0.25) is 5.02 Å². The molecule has 0 radical (unpaired) electrons. The molecule has 0 bridgehead atoms. The molecule has 7 nitrogen and oxygen atoms in total. The largest absolute Gasteiger partial charge is 0.477 e. The zero-order valence-electron chi connectivity index (χ0n) is 15.9. The lowest BCUT2D eigenvalue weighted by Crippen LogP contribution is -2.51. The minimum Gasteiger partial charge on any atom is -0.477 e. The first-order valence-electron chi connectivity index (χ1n) is 9.11. The first kappa shape index (κ1) is 20.2. The predicted octanol–water partition coefficient (Wildman–Crippen LogP) is 3.25. The summed E-state index contributed by atoms with van der Waals surface area (Å²) in [6.07, 6.45) is -0.860. The van der Waals surface area contributed by atoms with E-state index in [1.165, 1.54) is 23.3 Å². The molecule has 2 aromatic carbocycles. The summed E-state index contributed by atoms with van der Waals surface area (Å²) in [5.41, 5.74) is 0.513. The Morgan fingerprint density at radius 3 is 2.70 bits per heavy atom. The molecule has 2 heterocycles. The van der Waals surface area contributed by atoms with Gasteiger partial charge in [-0.05, 0) is 18.2 Å². The molecule has 4 rings (SSSR count). The predicted molar refractivity (Wildman–Crippen MR) is 114 cm³/mol. The average Bonchev–Trinajstić information content (AvgIpc) is 3.12. The number of fused-ring (bicyclic) bond motifs is 2. The van der Waals surface area contributed by atoms with Crippen LogP contribution >= 0.6 is 22.9 Å². The fraction of sp³-hybridized carbons (Fsp3) is 0.190. The number of para-hydroxylation sites is 2. The van der Waals surface area contributed by atoms with Crippen molar-refractivity contribution in [2.75, 3.05) is 25.1 Å². The minimum absolute atomic E-state index is 0.0106. The molecule has 1 aliphatic heterocycles. The van der Waals surface area contributed by atoms with E-state index in [1.807, 2.05) is 24.3 Å². The van der Waals surface area contributed by atoms with Crippen LogP contribution in [0, 0.1) is 0 Å². The lowest BCUT2D eigenvalue weighted by molar-refractivity contribution is -0.128. The van der Waals surface area contributed by atoms with Crippen molar-refractivity contribution in [3.05, 3.63) is 58.4 Å². The van der Waals surface area contributed by atoms with E-state index in [0.717, 1.165) is 10.1 Å². The van der Waals surface area contributed by atoms with Gasteiger partial charge in [0.1, 0.15) is 10.6 Å². The van der Waals surface area contributed by atoms with Gasteiger partial charge in [0.05, 0.1) is 17.3 Å². The first-order chi connectivity index (χ1) is 14.5. The number of halogens is 1. The van der Waals surface area contributed by atoms with Crippen LogP contribution in [0.15, 0.2) is 48.5 Å². The van der Waals surface area contributed by atoms with E-state index in [0.29, 0.717) is 16.5 Å². The highest BCUT2D eigenvalue weighted by Gasteiger charge is 2.33. The third-order valence-corrected chi connectivity index (χ3v) is 6.32. The highest BCUT2D eigenvalue weighted by atomic mass is 35.5. The van der Waals surface area contributed by atoms with E-state index in [-0.39, 0.29) is 17.3 Å². The maximum Gasteiger partial charge on any atom is 0.350 e. The van der Waals surface area contributed by atoms with Gasteiger partial charge in [0.25, 0.3) is 11.8 Å². The van der Waals surface area contributed by atoms with Crippen molar-refractivity contribution in [2.45, 2.75) is 6.10 Å². The van der Waals surface area contributed by atoms with Crippen molar-refractivity contribution in [3.8, 4) is 5.75 Å². The summed E-state index contributed by atoms with van der Waals surface area (Å²) < 4.78 is 11.8. The van der Waals surface area contributed by atoms with Gasteiger partial charge >= 0.3 is 5.97 Å². The molecule has 1 N–H and O–H groups in total. The Morgan fingerprint density at radius 2 is 1.93 bits per heavy atom. The Kier molecular flexibility index (Phi) is 5.61. The second-order valence-corrected chi connectivity index (χ2v) is 7.94. The number of nitrogens with one attached hydrogen (secondary N) is 1. The van der Waals surface area contributed by atoms with E-state index in [1.54, 1.807) is 24.3 Å². The maximum atomic E-state index is 12.8. The van der Waals surface area contributed by atoms with Crippen molar-refractivity contribution >= 4 is 56.5 Å². The van der Waals surface area contributed by atoms with Gasteiger partial charge in [0.15, 0.2) is 12.7 Å². The number of ether oxygens (including phenoxy) is 2. The zero-order valence-corrected chi connectivity index (χ0v) is 17.5. The van der Waals surface area contributed by atoms with E-state index < -0.39 is 24.6 Å². The molecule has 30 heavy (non-hydrogen) atoms. The van der Waals surface area contributed by atoms with Gasteiger partial charge in [-0.3, -0.25) is 9.59 Å². The summed E-state index contributed by atoms with van der Waals surface area (Å²) in [7, 11) is 1.49. The van der Waals surface area contributed by atoms with Crippen LogP contribution in [0.25, 0.3) is 10.1 Å². The summed E-state index contributed by atoms with van der Waals surface area (Å²) in [6.45, 7) is -0.477. The normalized spacial score (nSPS) is 15.3. The number of anilines is 1. The number of rotatable bonds is 4. The fourth-order valence-corrected chi connectivity index (χ4v) is 4.59. The summed E-state index contributed by atoms with van der Waals surface area (Å²) >= 11 is 7.52. The molecule has 3 aromatic rings. The molecular weight excluding hydrogens is 428 g/mol. The van der Waals surface area contributed by atoms with Crippen LogP contribution < -0.4 is 15.0 Å². The molecule has 9 heteroatoms. The molecule has 0 spiro atoms. The molecule has 0 fully saturated rings. The van der Waals surface area contributed by atoms with Gasteiger partial charge in [-0.15, -0.1) is 11.3 Å². The van der Waals surface area contributed by atoms with Gasteiger partial charge in [0, 0.05) is 17.1 Å². The van der Waals surface area contributed by atoms with Crippen molar-refractivity contribution in [2.24, 2.45) is 0 Å². The van der Waals surface area contributed by atoms with Gasteiger partial charge < -0.3 is 19.7 Å². The lowest BCUT2D eigenvalue weighted by atomic mass is 10.1. The molecule has 0 saturated heterocycles. The number of carbonyl (C=O) groups is 3. The highest BCUT2D eigenvalue weighted by Crippen LogP contribution is 2.36. The number of thiophene rings is 1. The SMILES string of the molecule is CNC(=O)C1CN(C(=O)COC(=O)c2sc3ccccc3c2Cl)c2ccccc2O1. The third kappa shape index (κ3) is 3.71. The van der Waals surface area contributed by atoms with E-state index >= 15 is 0 Å². The van der Waals surface area contributed by atoms with Crippen LogP contribution in [-0.2, 0) is 14.3 Å². The summed E-state index contributed by atoms with van der Waals surface area (Å²) in [5.74, 6) is -1.08. The van der Waals surface area contributed by atoms with Gasteiger partial charge in [0.2, 0.25) is 0 Å². The average molecular weight is 445 g/mol. The second-order valence-electron chi connectivity index (χ2n) is 6.51. The van der Waals surface area contributed by atoms with E-state index in [4.69, 9.17) is 21.1 Å². The van der Waals surface area contributed by atoms with Crippen molar-refractivity contribution in [1.82, 2.24) is 5.32 Å². The van der Waals surface area contributed by atoms with Crippen LogP contribution in [0.5, 0.6) is 5.75 Å². The number of esters is 1.